The topological polar surface area (TPSA) is 75.9 Å². The standard InChI is InChI=1S/C13H13N5O/c1-8(2)10-11(9-4-3-5-14-6-9)17-13-15-7-16-18(13)12(10)19/h3-8H,1-2H3,(H,15,16,17). The van der Waals surface area contributed by atoms with Gasteiger partial charge < -0.3 is 0 Å². The lowest BCUT2D eigenvalue weighted by Gasteiger charge is -2.10. The summed E-state index contributed by atoms with van der Waals surface area (Å²) in [5, 5.41) is 2.78. The van der Waals surface area contributed by atoms with E-state index in [9.17, 15) is 4.79 Å². The van der Waals surface area contributed by atoms with Crippen LogP contribution in [0.2, 0.25) is 0 Å². The molecule has 6 nitrogen and oxygen atoms in total. The number of H-pyrrole nitrogens is 1. The van der Waals surface area contributed by atoms with Crippen molar-refractivity contribution < 1.29 is 0 Å². The van der Waals surface area contributed by atoms with E-state index in [0.29, 0.717) is 17.0 Å². The molecule has 0 saturated heterocycles. The number of pyridine rings is 1. The molecular weight excluding hydrogens is 242 g/mol. The van der Waals surface area contributed by atoms with Crippen LogP contribution in [0.3, 0.4) is 0 Å². The van der Waals surface area contributed by atoms with E-state index in [1.807, 2.05) is 26.0 Å². The van der Waals surface area contributed by atoms with E-state index in [4.69, 9.17) is 0 Å². The van der Waals surface area contributed by atoms with E-state index in [-0.39, 0.29) is 11.5 Å². The monoisotopic (exact) mass is 255 g/mol. The maximum absolute atomic E-state index is 12.5. The van der Waals surface area contributed by atoms with Crippen LogP contribution in [0, 0.1) is 0 Å². The van der Waals surface area contributed by atoms with Gasteiger partial charge in [-0.3, -0.25) is 14.9 Å². The van der Waals surface area contributed by atoms with Crippen molar-refractivity contribution in [2.24, 2.45) is 0 Å². The van der Waals surface area contributed by atoms with Crippen LogP contribution in [0.1, 0.15) is 25.3 Å². The minimum atomic E-state index is -0.114. The Kier molecular flexibility index (Phi) is 2.63. The smallest absolute Gasteiger partial charge is 0.278 e. The fourth-order valence-electron chi connectivity index (χ4n) is 2.11. The van der Waals surface area contributed by atoms with Crippen molar-refractivity contribution in [3.05, 3.63) is 46.8 Å². The number of hydrogen-bond acceptors (Lipinski definition) is 4. The molecule has 0 saturated carbocycles. The molecule has 1 N–H and O–H groups in total. The summed E-state index contributed by atoms with van der Waals surface area (Å²) in [5.74, 6) is 0.434. The number of fused-ring (bicyclic) bond motifs is 1. The molecule has 3 aromatic heterocycles. The summed E-state index contributed by atoms with van der Waals surface area (Å²) in [6.07, 6.45) is 4.86. The molecule has 96 valence electrons. The molecular formula is C13H13N5O. The van der Waals surface area contributed by atoms with Crippen molar-refractivity contribution in [3.63, 3.8) is 0 Å². The molecule has 19 heavy (non-hydrogen) atoms. The highest BCUT2D eigenvalue weighted by atomic mass is 16.1. The van der Waals surface area contributed by atoms with Crippen LogP contribution in [0.5, 0.6) is 0 Å². The van der Waals surface area contributed by atoms with E-state index in [1.165, 1.54) is 10.8 Å². The van der Waals surface area contributed by atoms with Gasteiger partial charge in [0, 0.05) is 23.5 Å². The molecule has 0 fully saturated rings. The lowest BCUT2D eigenvalue weighted by Crippen LogP contribution is -2.22. The van der Waals surface area contributed by atoms with Gasteiger partial charge in [0.15, 0.2) is 0 Å². The number of nitrogens with one attached hydrogen (secondary N) is 1. The molecule has 0 radical (unpaired) electrons. The van der Waals surface area contributed by atoms with Crippen LogP contribution < -0.4 is 5.56 Å². The quantitative estimate of drug-likeness (QED) is 0.754. The highest BCUT2D eigenvalue weighted by Crippen LogP contribution is 2.24. The number of nitrogens with zero attached hydrogens (tertiary/aromatic N) is 4. The predicted molar refractivity (Wildman–Crippen MR) is 70.9 cm³/mol. The first kappa shape index (κ1) is 11.6. The zero-order valence-corrected chi connectivity index (χ0v) is 10.7. The SMILES string of the molecule is CC(C)c1c(-c2cccnc2)nc2nc[nH]n2c1=O. The Morgan fingerprint density at radius 3 is 2.89 bits per heavy atom. The second-order valence-electron chi connectivity index (χ2n) is 4.60. The Hall–Kier alpha value is -2.50. The predicted octanol–water partition coefficient (Wildman–Crippen LogP) is 1.60. The third-order valence-electron chi connectivity index (χ3n) is 2.98. The first-order valence-corrected chi connectivity index (χ1v) is 6.05. The maximum Gasteiger partial charge on any atom is 0.278 e. The highest BCUT2D eigenvalue weighted by molar-refractivity contribution is 5.64. The van der Waals surface area contributed by atoms with Crippen molar-refractivity contribution in [3.8, 4) is 11.3 Å². The summed E-state index contributed by atoms with van der Waals surface area (Å²) >= 11 is 0. The maximum atomic E-state index is 12.5. The van der Waals surface area contributed by atoms with Gasteiger partial charge in [-0.25, -0.2) is 9.97 Å². The van der Waals surface area contributed by atoms with Gasteiger partial charge in [0.05, 0.1) is 5.69 Å². The van der Waals surface area contributed by atoms with Crippen molar-refractivity contribution in [1.82, 2.24) is 24.6 Å². The lowest BCUT2D eigenvalue weighted by molar-refractivity contribution is 0.797. The Bertz CT molecular complexity index is 773. The van der Waals surface area contributed by atoms with Crippen molar-refractivity contribution >= 4 is 5.78 Å². The average molecular weight is 255 g/mol. The number of hydrogen-bond donors (Lipinski definition) is 1. The van der Waals surface area contributed by atoms with E-state index >= 15 is 0 Å². The summed E-state index contributed by atoms with van der Waals surface area (Å²) in [7, 11) is 0. The molecule has 0 spiro atoms. The third kappa shape index (κ3) is 1.81. The third-order valence-corrected chi connectivity index (χ3v) is 2.98. The lowest BCUT2D eigenvalue weighted by atomic mass is 9.99. The van der Waals surface area contributed by atoms with Crippen LogP contribution in [-0.2, 0) is 0 Å². The number of aromatic amines is 1. The van der Waals surface area contributed by atoms with Gasteiger partial charge in [-0.05, 0) is 18.1 Å². The van der Waals surface area contributed by atoms with Crippen molar-refractivity contribution in [2.45, 2.75) is 19.8 Å². The number of rotatable bonds is 2. The summed E-state index contributed by atoms with van der Waals surface area (Å²) < 4.78 is 1.36. The Morgan fingerprint density at radius 1 is 1.37 bits per heavy atom. The fraction of sp³-hybridized carbons (Fsp3) is 0.231. The van der Waals surface area contributed by atoms with E-state index in [2.05, 4.69) is 20.1 Å². The van der Waals surface area contributed by atoms with Crippen LogP contribution in [0.15, 0.2) is 35.6 Å². The van der Waals surface area contributed by atoms with E-state index in [1.54, 1.807) is 12.4 Å². The van der Waals surface area contributed by atoms with Crippen LogP contribution in [0.4, 0.5) is 0 Å². The minimum Gasteiger partial charge on any atom is -0.278 e. The van der Waals surface area contributed by atoms with E-state index in [0.717, 1.165) is 5.56 Å². The molecule has 0 unspecified atom stereocenters. The molecule has 3 heterocycles. The van der Waals surface area contributed by atoms with Gasteiger partial charge in [0.1, 0.15) is 6.33 Å². The Balaban J connectivity index is 2.40. The molecule has 3 aromatic rings. The van der Waals surface area contributed by atoms with Gasteiger partial charge in [0.25, 0.3) is 11.3 Å². The summed E-state index contributed by atoms with van der Waals surface area (Å²) in [6, 6.07) is 3.72. The molecule has 0 aromatic carbocycles. The van der Waals surface area contributed by atoms with Crippen molar-refractivity contribution in [1.29, 1.82) is 0 Å². The molecule has 0 aliphatic heterocycles. The molecule has 3 rings (SSSR count). The van der Waals surface area contributed by atoms with Gasteiger partial charge in [0.2, 0.25) is 0 Å². The highest BCUT2D eigenvalue weighted by Gasteiger charge is 2.18. The van der Waals surface area contributed by atoms with Gasteiger partial charge in [-0.1, -0.05) is 13.8 Å². The van der Waals surface area contributed by atoms with Crippen LogP contribution in [-0.4, -0.2) is 24.6 Å². The normalized spacial score (nSPS) is 11.3. The molecule has 0 aliphatic rings. The first-order chi connectivity index (χ1) is 9.18. The largest absolute Gasteiger partial charge is 0.278 e. The summed E-state index contributed by atoms with van der Waals surface area (Å²) in [6.45, 7) is 3.95. The van der Waals surface area contributed by atoms with Crippen molar-refractivity contribution in [2.75, 3.05) is 0 Å². The second kappa shape index (κ2) is 4.31. The number of aromatic nitrogens is 5. The Morgan fingerprint density at radius 2 is 2.21 bits per heavy atom. The zero-order chi connectivity index (χ0) is 13.4. The first-order valence-electron chi connectivity index (χ1n) is 6.05. The minimum absolute atomic E-state index is 0.0652. The van der Waals surface area contributed by atoms with Crippen LogP contribution >= 0.6 is 0 Å². The molecule has 0 aliphatic carbocycles. The fourth-order valence-corrected chi connectivity index (χ4v) is 2.11. The average Bonchev–Trinajstić information content (AvgIpc) is 2.87. The summed E-state index contributed by atoms with van der Waals surface area (Å²) in [4.78, 5) is 25.0. The van der Waals surface area contributed by atoms with E-state index < -0.39 is 0 Å². The Labute approximate surface area is 109 Å². The molecule has 0 bridgehead atoms. The second-order valence-corrected chi connectivity index (χ2v) is 4.60. The molecule has 6 heteroatoms. The van der Waals surface area contributed by atoms with Gasteiger partial charge >= 0.3 is 0 Å². The van der Waals surface area contributed by atoms with Gasteiger partial charge in [-0.15, -0.1) is 0 Å². The molecule has 0 amide bonds. The van der Waals surface area contributed by atoms with Crippen LogP contribution in [0.25, 0.3) is 17.0 Å². The molecule has 0 atom stereocenters. The van der Waals surface area contributed by atoms with Gasteiger partial charge in [-0.2, -0.15) is 4.52 Å². The zero-order valence-electron chi connectivity index (χ0n) is 10.7. The summed E-state index contributed by atoms with van der Waals surface area (Å²) in [5.41, 5.74) is 2.03.